The van der Waals surface area contributed by atoms with Crippen LogP contribution in [0.25, 0.3) is 0 Å². The second kappa shape index (κ2) is 9.61. The number of hydrogen-bond donors (Lipinski definition) is 0. The number of allylic oxidation sites excluding steroid dienone is 1. The Morgan fingerprint density at radius 3 is 2.45 bits per heavy atom. The van der Waals surface area contributed by atoms with Gasteiger partial charge in [0.1, 0.15) is 12.4 Å². The predicted molar refractivity (Wildman–Crippen MR) is 126 cm³/mol. The van der Waals surface area contributed by atoms with Gasteiger partial charge in [-0.15, -0.1) is 0 Å². The summed E-state index contributed by atoms with van der Waals surface area (Å²) in [6.07, 6.45) is 2.03. The van der Waals surface area contributed by atoms with Crippen molar-refractivity contribution in [1.82, 2.24) is 0 Å². The summed E-state index contributed by atoms with van der Waals surface area (Å²) in [5.41, 5.74) is 4.93. The zero-order valence-electron chi connectivity index (χ0n) is 19.5. The Labute approximate surface area is 194 Å². The minimum absolute atomic E-state index is 0.109. The molecule has 2 atom stereocenters. The van der Waals surface area contributed by atoms with Crippen LogP contribution in [0.5, 0.6) is 11.5 Å². The van der Waals surface area contributed by atoms with Gasteiger partial charge in [0.25, 0.3) is 0 Å². The molecule has 0 saturated heterocycles. The van der Waals surface area contributed by atoms with Crippen molar-refractivity contribution in [2.45, 2.75) is 45.6 Å². The van der Waals surface area contributed by atoms with Crippen LogP contribution in [-0.4, -0.2) is 31.7 Å². The number of methoxy groups -OCH3 is 2. The molecule has 33 heavy (non-hydrogen) atoms. The van der Waals surface area contributed by atoms with Crippen LogP contribution in [0.2, 0.25) is 0 Å². The van der Waals surface area contributed by atoms with Crippen molar-refractivity contribution in [3.8, 4) is 11.5 Å². The highest BCUT2D eigenvalue weighted by atomic mass is 16.5. The number of rotatable bonds is 6. The van der Waals surface area contributed by atoms with Gasteiger partial charge in [0.2, 0.25) is 0 Å². The average Bonchev–Trinajstić information content (AvgIpc) is 2.82. The highest BCUT2D eigenvalue weighted by Gasteiger charge is 2.43. The normalized spacial score (nSPS) is 20.1. The van der Waals surface area contributed by atoms with Gasteiger partial charge in [0, 0.05) is 23.7 Å². The Hall–Kier alpha value is -3.41. The van der Waals surface area contributed by atoms with Crippen molar-refractivity contribution in [3.63, 3.8) is 0 Å². The van der Waals surface area contributed by atoms with E-state index in [0.717, 1.165) is 29.7 Å². The van der Waals surface area contributed by atoms with Crippen LogP contribution in [0, 0.1) is 12.8 Å². The van der Waals surface area contributed by atoms with Crippen molar-refractivity contribution in [1.29, 1.82) is 0 Å². The van der Waals surface area contributed by atoms with Crippen molar-refractivity contribution < 1.29 is 23.8 Å². The number of carbonyl (C=O) groups excluding carboxylic acids is 2. The molecule has 2 aromatic carbocycles. The summed E-state index contributed by atoms with van der Waals surface area (Å²) in [6.45, 7) is 4.26. The van der Waals surface area contributed by atoms with Crippen LogP contribution >= 0.6 is 0 Å². The molecule has 1 fully saturated rings. The molecule has 6 nitrogen and oxygen atoms in total. The maximum absolute atomic E-state index is 13.0. The number of aliphatic imine (C=N–C) groups is 1. The lowest BCUT2D eigenvalue weighted by Gasteiger charge is -2.35. The molecule has 6 heteroatoms. The van der Waals surface area contributed by atoms with Crippen LogP contribution in [0.15, 0.2) is 58.7 Å². The second-order valence-electron chi connectivity index (χ2n) is 8.55. The third kappa shape index (κ3) is 4.56. The van der Waals surface area contributed by atoms with Crippen LogP contribution < -0.4 is 9.47 Å². The van der Waals surface area contributed by atoms with Crippen molar-refractivity contribution in [3.05, 3.63) is 70.4 Å². The van der Waals surface area contributed by atoms with Gasteiger partial charge >= 0.3 is 5.97 Å². The van der Waals surface area contributed by atoms with Crippen molar-refractivity contribution in [2.75, 3.05) is 14.2 Å². The van der Waals surface area contributed by atoms with E-state index in [9.17, 15) is 9.59 Å². The molecule has 4 rings (SSSR count). The fourth-order valence-corrected chi connectivity index (χ4v) is 4.70. The van der Waals surface area contributed by atoms with E-state index < -0.39 is 17.8 Å². The molecular weight excluding hydrogens is 418 g/mol. The van der Waals surface area contributed by atoms with Crippen molar-refractivity contribution in [2.24, 2.45) is 10.9 Å². The summed E-state index contributed by atoms with van der Waals surface area (Å²) in [5.74, 6) is -0.121. The zero-order valence-corrected chi connectivity index (χ0v) is 19.5. The molecule has 0 amide bonds. The Balaban J connectivity index is 1.69. The largest absolute Gasteiger partial charge is 0.493 e. The first-order valence-corrected chi connectivity index (χ1v) is 11.2. The highest BCUT2D eigenvalue weighted by Crippen LogP contribution is 2.45. The molecule has 1 saturated carbocycles. The molecule has 0 N–H and O–H groups in total. The first-order chi connectivity index (χ1) is 15.9. The van der Waals surface area contributed by atoms with Crippen LogP contribution in [0.3, 0.4) is 0 Å². The van der Waals surface area contributed by atoms with Gasteiger partial charge in [-0.05, 0) is 49.9 Å². The van der Waals surface area contributed by atoms with Crippen LogP contribution in [0.1, 0.15) is 48.8 Å². The monoisotopic (exact) mass is 447 g/mol. The van der Waals surface area contributed by atoms with E-state index in [2.05, 4.69) is 4.99 Å². The standard InChI is InChI=1S/C27H29NO5/c1-16-8-10-18(11-9-16)15-33-22-13-12-19(14-23(22)31-3)25-24(27(30)32-4)17(2)28-20-6-5-7-21(29)26(20)25/h8-14,25-26H,5-7,15H2,1-4H3/t25-,26?/m1/s1. The summed E-state index contributed by atoms with van der Waals surface area (Å²) >= 11 is 0. The van der Waals surface area contributed by atoms with Crippen LogP contribution in [-0.2, 0) is 20.9 Å². The molecule has 2 aromatic rings. The van der Waals surface area contributed by atoms with Gasteiger partial charge in [-0.3, -0.25) is 9.79 Å². The number of fused-ring (bicyclic) bond motifs is 1. The van der Waals surface area contributed by atoms with E-state index >= 15 is 0 Å². The number of hydrogen-bond acceptors (Lipinski definition) is 6. The zero-order chi connectivity index (χ0) is 23.5. The smallest absolute Gasteiger partial charge is 0.336 e. The molecule has 0 bridgehead atoms. The molecule has 0 spiro atoms. The number of ether oxygens (including phenoxy) is 3. The summed E-state index contributed by atoms with van der Waals surface area (Å²) in [7, 11) is 2.93. The molecule has 1 aliphatic carbocycles. The Morgan fingerprint density at radius 1 is 1.00 bits per heavy atom. The molecule has 1 unspecified atom stereocenters. The SMILES string of the molecule is COC(=O)C1=C(C)N=C2CCCC(=O)C2[C@@H]1c1ccc(OCc2ccc(C)cc2)c(OC)c1. The second-order valence-corrected chi connectivity index (χ2v) is 8.55. The van der Waals surface area contributed by atoms with Crippen LogP contribution in [0.4, 0.5) is 0 Å². The molecule has 1 heterocycles. The average molecular weight is 448 g/mol. The maximum Gasteiger partial charge on any atom is 0.336 e. The van der Waals surface area contributed by atoms with Gasteiger partial charge in [-0.25, -0.2) is 4.79 Å². The summed E-state index contributed by atoms with van der Waals surface area (Å²) < 4.78 is 16.7. The predicted octanol–water partition coefficient (Wildman–Crippen LogP) is 4.94. The summed E-state index contributed by atoms with van der Waals surface area (Å²) in [5, 5.41) is 0. The lowest BCUT2D eigenvalue weighted by molar-refractivity contribution is -0.136. The van der Waals surface area contributed by atoms with Gasteiger partial charge < -0.3 is 14.2 Å². The lowest BCUT2D eigenvalue weighted by atomic mass is 9.69. The molecule has 0 aromatic heterocycles. The minimum atomic E-state index is -0.461. The quantitative estimate of drug-likeness (QED) is 0.587. The van der Waals surface area contributed by atoms with Gasteiger partial charge in [-0.1, -0.05) is 35.9 Å². The van der Waals surface area contributed by atoms with E-state index in [-0.39, 0.29) is 5.78 Å². The Morgan fingerprint density at radius 2 is 1.76 bits per heavy atom. The molecule has 172 valence electrons. The Kier molecular flexibility index (Phi) is 6.63. The highest BCUT2D eigenvalue weighted by molar-refractivity contribution is 6.11. The first kappa shape index (κ1) is 22.8. The number of nitrogens with zero attached hydrogens (tertiary/aromatic N) is 1. The first-order valence-electron chi connectivity index (χ1n) is 11.2. The fourth-order valence-electron chi connectivity index (χ4n) is 4.70. The third-order valence-corrected chi connectivity index (χ3v) is 6.37. The molecule has 1 aliphatic heterocycles. The molecule has 0 radical (unpaired) electrons. The van der Waals surface area contributed by atoms with E-state index in [4.69, 9.17) is 14.2 Å². The summed E-state index contributed by atoms with van der Waals surface area (Å²) in [4.78, 5) is 30.3. The topological polar surface area (TPSA) is 74.2 Å². The van der Waals surface area contributed by atoms with E-state index in [1.165, 1.54) is 12.7 Å². The van der Waals surface area contributed by atoms with Gasteiger partial charge in [-0.2, -0.15) is 0 Å². The third-order valence-electron chi connectivity index (χ3n) is 6.37. The van der Waals surface area contributed by atoms with Crippen molar-refractivity contribution >= 4 is 17.5 Å². The van der Waals surface area contributed by atoms with E-state index in [0.29, 0.717) is 35.8 Å². The lowest BCUT2D eigenvalue weighted by Crippen LogP contribution is -2.39. The Bertz CT molecular complexity index is 1130. The number of aryl methyl sites for hydroxylation is 1. The number of ketones is 1. The molecular formula is C27H29NO5. The minimum Gasteiger partial charge on any atom is -0.493 e. The van der Waals surface area contributed by atoms with Gasteiger partial charge in [0.05, 0.1) is 25.7 Å². The maximum atomic E-state index is 13.0. The summed E-state index contributed by atoms with van der Waals surface area (Å²) in [6, 6.07) is 13.8. The molecule has 2 aliphatic rings. The van der Waals surface area contributed by atoms with Gasteiger partial charge in [0.15, 0.2) is 11.5 Å². The number of Topliss-reactive ketones (excluding diaryl/α,β-unsaturated/α-hetero) is 1. The number of carbonyl (C=O) groups is 2. The number of esters is 1. The van der Waals surface area contributed by atoms with E-state index in [1.807, 2.05) is 49.4 Å². The van der Waals surface area contributed by atoms with E-state index in [1.54, 1.807) is 14.0 Å². The fraction of sp³-hybridized carbons (Fsp3) is 0.370. The number of benzene rings is 2.